The summed E-state index contributed by atoms with van der Waals surface area (Å²) in [6.45, 7) is 20.1. The van der Waals surface area contributed by atoms with Crippen LogP contribution in [-0.4, -0.2) is 44.7 Å². The van der Waals surface area contributed by atoms with E-state index in [2.05, 4.69) is 150 Å². The van der Waals surface area contributed by atoms with Crippen molar-refractivity contribution in [3.8, 4) is 23.0 Å². The molecule has 7 heteroatoms. The summed E-state index contributed by atoms with van der Waals surface area (Å²) in [4.78, 5) is 2.47. The third kappa shape index (κ3) is 7.55. The van der Waals surface area contributed by atoms with E-state index in [-0.39, 0.29) is 10.8 Å². The van der Waals surface area contributed by atoms with Crippen LogP contribution in [0.15, 0.2) is 120 Å². The van der Waals surface area contributed by atoms with Crippen molar-refractivity contribution < 1.29 is 44.7 Å². The molecule has 4 aromatic rings. The number of nitrogens with zero attached hydrogens (tertiary/aromatic N) is 2. The first-order valence-electron chi connectivity index (χ1n) is 20.0. The van der Waals surface area contributed by atoms with E-state index >= 15 is 0 Å². The Balaban J connectivity index is 1.26. The fraction of sp³-hybridized carbons (Fsp3) is 0.340. The Morgan fingerprint density at radius 1 is 0.719 bits per heavy atom. The summed E-state index contributed by atoms with van der Waals surface area (Å²) in [6, 6.07) is 26.1. The molecule has 0 atom stereocenters. The summed E-state index contributed by atoms with van der Waals surface area (Å²) in [5.41, 5.74) is 12.8. The van der Waals surface area contributed by atoms with Crippen molar-refractivity contribution in [2.45, 2.75) is 79.1 Å². The normalized spacial score (nSPS) is 18.3. The first-order chi connectivity index (χ1) is 27.3. The van der Waals surface area contributed by atoms with Crippen LogP contribution in [0.3, 0.4) is 0 Å². The van der Waals surface area contributed by atoms with Gasteiger partial charge in [-0.3, -0.25) is 0 Å². The van der Waals surface area contributed by atoms with Crippen LogP contribution in [-0.2, 0) is 10.8 Å². The average molecular weight is 877 g/mol. The van der Waals surface area contributed by atoms with Crippen LogP contribution >= 0.6 is 0 Å². The quantitative estimate of drug-likeness (QED) is 0.106. The van der Waals surface area contributed by atoms with Gasteiger partial charge in [0, 0.05) is 6.07 Å². The summed E-state index contributed by atoms with van der Waals surface area (Å²) >= 11 is -0.607. The van der Waals surface area contributed by atoms with Gasteiger partial charge in [0.05, 0.1) is 0 Å². The molecule has 7 rings (SSSR count). The molecule has 6 nitrogen and oxygen atoms in total. The van der Waals surface area contributed by atoms with Crippen LogP contribution < -0.4 is 45.1 Å². The van der Waals surface area contributed by atoms with Crippen molar-refractivity contribution in [3.63, 3.8) is 0 Å². The maximum absolute atomic E-state index is 6.96. The SMILES string of the molecule is CCN1/C(=C/C=C2\CCC(/C=C/C3=[N+](CC)c4ccc(C)cc4C3(C)C)=C2Oc2ccc([I-]c3c(OC)cc(OC)cc3OC)cc2)C(C)(C)c2cc(C)ccc21. The molecule has 0 fully saturated rings. The van der Waals surface area contributed by atoms with Gasteiger partial charge in [-0.1, -0.05) is 29.3 Å². The van der Waals surface area contributed by atoms with Gasteiger partial charge < -0.3 is 0 Å². The molecule has 2 heterocycles. The van der Waals surface area contributed by atoms with Crippen molar-refractivity contribution in [1.29, 1.82) is 0 Å². The van der Waals surface area contributed by atoms with Crippen molar-refractivity contribution in [3.05, 3.63) is 149 Å². The van der Waals surface area contributed by atoms with Crippen LogP contribution in [0.2, 0.25) is 0 Å². The van der Waals surface area contributed by atoms with Crippen LogP contribution in [0, 0.1) is 21.0 Å². The topological polar surface area (TPSA) is 43.2 Å². The van der Waals surface area contributed by atoms with E-state index in [9.17, 15) is 0 Å². The third-order valence-electron chi connectivity index (χ3n) is 11.8. The molecule has 298 valence electrons. The Labute approximate surface area is 350 Å². The van der Waals surface area contributed by atoms with Gasteiger partial charge >= 0.3 is 277 Å². The fourth-order valence-electron chi connectivity index (χ4n) is 8.62. The number of rotatable bonds is 12. The molecular formula is C50H57IN2O4. The number of hydrogen-bond donors (Lipinski definition) is 0. The second-order valence-electron chi connectivity index (χ2n) is 16.1. The third-order valence-corrected chi connectivity index (χ3v) is 14.7. The van der Waals surface area contributed by atoms with E-state index in [4.69, 9.17) is 18.9 Å². The Morgan fingerprint density at radius 2 is 1.39 bits per heavy atom. The van der Waals surface area contributed by atoms with Gasteiger partial charge in [-0.25, -0.2) is 0 Å². The Kier molecular flexibility index (Phi) is 11.5. The summed E-state index contributed by atoms with van der Waals surface area (Å²) in [7, 11) is 5.04. The number of hydrogen-bond acceptors (Lipinski definition) is 5. The van der Waals surface area contributed by atoms with E-state index in [0.29, 0.717) is 5.75 Å². The molecule has 0 N–H and O–H groups in total. The van der Waals surface area contributed by atoms with Crippen LogP contribution in [0.25, 0.3) is 0 Å². The number of benzene rings is 4. The van der Waals surface area contributed by atoms with Gasteiger partial charge in [0.25, 0.3) is 0 Å². The van der Waals surface area contributed by atoms with E-state index in [1.807, 2.05) is 12.1 Å². The number of aryl methyl sites for hydroxylation is 2. The zero-order valence-electron chi connectivity index (χ0n) is 35.5. The molecule has 0 saturated heterocycles. The fourth-order valence-corrected chi connectivity index (χ4v) is 11.2. The Hall–Kier alpha value is -4.76. The summed E-state index contributed by atoms with van der Waals surface area (Å²) in [6.07, 6.45) is 11.2. The molecule has 0 radical (unpaired) electrons. The second kappa shape index (κ2) is 16.2. The number of ether oxygens (including phenoxy) is 4. The van der Waals surface area contributed by atoms with Gasteiger partial charge in [0.1, 0.15) is 0 Å². The van der Waals surface area contributed by atoms with Gasteiger partial charge in [0.15, 0.2) is 0 Å². The number of anilines is 1. The smallest absolute Gasteiger partial charge is 0.0572 e. The van der Waals surface area contributed by atoms with E-state index in [1.165, 1.54) is 59.8 Å². The molecule has 0 saturated carbocycles. The molecule has 4 aromatic carbocycles. The molecule has 57 heavy (non-hydrogen) atoms. The van der Waals surface area contributed by atoms with Crippen molar-refractivity contribution >= 4 is 17.1 Å². The molecule has 2 aliphatic heterocycles. The summed E-state index contributed by atoms with van der Waals surface area (Å²) in [5, 5.41) is 0. The molecule has 1 aliphatic carbocycles. The predicted octanol–water partition coefficient (Wildman–Crippen LogP) is 8.16. The second-order valence-corrected chi connectivity index (χ2v) is 19.0. The minimum Gasteiger partial charge on any atom is -0.0572 e. The number of fused-ring (bicyclic) bond motifs is 2. The standard InChI is InChI=1S/C50H57IN2O4/c1-12-52-41-24-14-32(3)28-39(41)49(5,6)45(52)26-18-34-16-17-35(19-27-46-50(7,8)40-29-33(4)15-25-42(40)53(46)13-2)48(34)57-37-22-20-36(21-23-37)51-47-43(55-10)30-38(54-9)31-44(47)56-11/h14-15,18-31H,12-13,16-17H2,1-11H3. The van der Waals surface area contributed by atoms with Gasteiger partial charge in [0.2, 0.25) is 0 Å². The average Bonchev–Trinajstić information content (AvgIpc) is 3.76. The molecule has 0 spiro atoms. The molecule has 0 amide bonds. The Morgan fingerprint density at radius 3 is 2.02 bits per heavy atom. The van der Waals surface area contributed by atoms with Crippen molar-refractivity contribution in [2.75, 3.05) is 39.3 Å². The predicted molar refractivity (Wildman–Crippen MR) is 229 cm³/mol. The monoisotopic (exact) mass is 876 g/mol. The summed E-state index contributed by atoms with van der Waals surface area (Å²) < 4.78 is 28.8. The molecule has 0 bridgehead atoms. The Bertz CT molecular complexity index is 2330. The molecule has 0 aromatic heterocycles. The first-order valence-corrected chi connectivity index (χ1v) is 22.2. The first kappa shape index (κ1) is 40.4. The van der Waals surface area contributed by atoms with Gasteiger partial charge in [-0.2, -0.15) is 0 Å². The van der Waals surface area contributed by atoms with Crippen molar-refractivity contribution in [1.82, 2.24) is 0 Å². The van der Waals surface area contributed by atoms with E-state index in [0.717, 1.165) is 52.5 Å². The van der Waals surface area contributed by atoms with E-state index in [1.54, 1.807) is 21.3 Å². The van der Waals surface area contributed by atoms with Crippen LogP contribution in [0.4, 0.5) is 11.4 Å². The van der Waals surface area contributed by atoms with Crippen LogP contribution in [0.1, 0.15) is 76.6 Å². The summed E-state index contributed by atoms with van der Waals surface area (Å²) in [5.74, 6) is 4.05. The molecular weight excluding hydrogens is 819 g/mol. The number of allylic oxidation sites excluding steroid dienone is 7. The van der Waals surface area contributed by atoms with Crippen molar-refractivity contribution in [2.24, 2.45) is 0 Å². The minimum atomic E-state index is -0.607. The number of likely N-dealkylation sites (N-methyl/N-ethyl adjacent to an activating group) is 1. The van der Waals surface area contributed by atoms with Gasteiger partial charge in [-0.05, 0) is 39.8 Å². The van der Waals surface area contributed by atoms with E-state index < -0.39 is 21.2 Å². The maximum atomic E-state index is 6.96. The molecule has 3 aliphatic rings. The zero-order valence-corrected chi connectivity index (χ0v) is 37.6. The minimum absolute atomic E-state index is 0.115. The molecule has 0 unspecified atom stereocenters. The number of halogens is 1. The van der Waals surface area contributed by atoms with Crippen LogP contribution in [0.5, 0.6) is 23.0 Å². The van der Waals surface area contributed by atoms with Gasteiger partial charge in [-0.15, -0.1) is 0 Å². The number of methoxy groups -OCH3 is 3. The zero-order chi connectivity index (χ0) is 40.6.